The number of hydrogen-bond acceptors (Lipinski definition) is 8. The number of alkyl halides is 1. The Morgan fingerprint density at radius 3 is 2.58 bits per heavy atom. The highest BCUT2D eigenvalue weighted by atomic mass is 35.5. The molecule has 3 aromatic rings. The van der Waals surface area contributed by atoms with Crippen molar-refractivity contribution in [1.82, 2.24) is 29.6 Å². The smallest absolute Gasteiger partial charge is 0.234 e. The molecule has 4 aliphatic heterocycles. The fourth-order valence-electron chi connectivity index (χ4n) is 5.82. The molecule has 188 valence electrons. The van der Waals surface area contributed by atoms with Gasteiger partial charge in [-0.15, -0.1) is 10.2 Å². The zero-order valence-corrected chi connectivity index (χ0v) is 20.5. The van der Waals surface area contributed by atoms with Gasteiger partial charge in [-0.3, -0.25) is 9.47 Å². The second-order valence-electron chi connectivity index (χ2n) is 10.6. The fourth-order valence-corrected chi connectivity index (χ4v) is 6.02. The predicted molar refractivity (Wildman–Crippen MR) is 129 cm³/mol. The summed E-state index contributed by atoms with van der Waals surface area (Å²) < 4.78 is 35.6. The van der Waals surface area contributed by atoms with E-state index >= 15 is 0 Å². The highest BCUT2D eigenvalue weighted by Gasteiger charge is 2.53. The van der Waals surface area contributed by atoms with Gasteiger partial charge in [0.15, 0.2) is 11.5 Å². The van der Waals surface area contributed by atoms with E-state index in [1.54, 1.807) is 6.92 Å². The maximum absolute atomic E-state index is 14.9. The number of nitrogens with zero attached hydrogens (tertiary/aromatic N) is 8. The number of benzene rings is 1. The first-order chi connectivity index (χ1) is 17.3. The van der Waals surface area contributed by atoms with Crippen LogP contribution in [0, 0.1) is 18.3 Å². The van der Waals surface area contributed by atoms with Crippen molar-refractivity contribution in [2.45, 2.75) is 25.7 Å². The summed E-state index contributed by atoms with van der Waals surface area (Å²) in [5.41, 5.74) is 1.11. The summed E-state index contributed by atoms with van der Waals surface area (Å²) in [6, 6.07) is 5.80. The van der Waals surface area contributed by atoms with Crippen molar-refractivity contribution in [2.75, 3.05) is 55.7 Å². The first kappa shape index (κ1) is 22.3. The number of aryl methyl sites for hydroxylation is 1. The van der Waals surface area contributed by atoms with Gasteiger partial charge in [-0.2, -0.15) is 4.39 Å². The number of anilines is 2. The lowest BCUT2D eigenvalue weighted by atomic mass is 9.73. The van der Waals surface area contributed by atoms with Gasteiger partial charge < -0.3 is 14.5 Å². The van der Waals surface area contributed by atoms with Gasteiger partial charge in [0.2, 0.25) is 11.9 Å². The Labute approximate surface area is 211 Å². The van der Waals surface area contributed by atoms with E-state index in [0.717, 1.165) is 49.2 Å². The van der Waals surface area contributed by atoms with Crippen LogP contribution in [0.1, 0.15) is 17.1 Å². The van der Waals surface area contributed by atoms with E-state index < -0.39 is 11.6 Å². The number of ether oxygens (including phenoxy) is 1. The standard InChI is InChI=1S/C24H25ClF2N8O/c1-15-21(26)28-5-19(29-15)33-8-23(9-33)10-34(11-23)22-31-30-20-7-32(12-24(27)13-36-14-24)6-16-4-17(25)2-3-18(16)35(20)22/h2-5H,6-14H2,1H3. The van der Waals surface area contributed by atoms with E-state index in [1.807, 2.05) is 18.2 Å². The molecule has 4 aliphatic rings. The largest absolute Gasteiger partial charge is 0.375 e. The van der Waals surface area contributed by atoms with E-state index in [4.69, 9.17) is 16.3 Å². The summed E-state index contributed by atoms with van der Waals surface area (Å²) in [7, 11) is 0. The van der Waals surface area contributed by atoms with Gasteiger partial charge in [0.05, 0.1) is 37.3 Å². The first-order valence-corrected chi connectivity index (χ1v) is 12.4. The monoisotopic (exact) mass is 514 g/mol. The van der Waals surface area contributed by atoms with Gasteiger partial charge in [-0.25, -0.2) is 14.4 Å². The average molecular weight is 515 g/mol. The Morgan fingerprint density at radius 1 is 1.08 bits per heavy atom. The summed E-state index contributed by atoms with van der Waals surface area (Å²) >= 11 is 6.34. The van der Waals surface area contributed by atoms with Gasteiger partial charge in [-0.05, 0) is 30.7 Å². The van der Waals surface area contributed by atoms with Crippen molar-refractivity contribution < 1.29 is 13.5 Å². The van der Waals surface area contributed by atoms with Crippen LogP contribution in [0.5, 0.6) is 0 Å². The normalized spacial score (nSPS) is 21.8. The molecule has 0 unspecified atom stereocenters. The SMILES string of the molecule is Cc1nc(N2CC3(C2)CN(c2nnc4n2-c2ccc(Cl)cc2CN(CC2(F)COC2)C4)C3)cnc1F. The van der Waals surface area contributed by atoms with E-state index in [0.29, 0.717) is 29.6 Å². The van der Waals surface area contributed by atoms with Crippen molar-refractivity contribution in [3.05, 3.63) is 52.4 Å². The Kier molecular flexibility index (Phi) is 4.84. The fraction of sp³-hybridized carbons (Fsp3) is 0.500. The number of fused-ring (bicyclic) bond motifs is 3. The molecular formula is C24H25ClF2N8O. The Morgan fingerprint density at radius 2 is 1.86 bits per heavy atom. The Hall–Kier alpha value is -2.89. The van der Waals surface area contributed by atoms with Crippen molar-refractivity contribution in [2.24, 2.45) is 5.41 Å². The Bertz CT molecular complexity index is 1350. The average Bonchev–Trinajstić information content (AvgIpc) is 3.09. The molecule has 3 saturated heterocycles. The summed E-state index contributed by atoms with van der Waals surface area (Å²) in [5.74, 6) is 1.75. The minimum Gasteiger partial charge on any atom is -0.375 e. The van der Waals surface area contributed by atoms with E-state index in [2.05, 4.69) is 39.4 Å². The molecule has 36 heavy (non-hydrogen) atoms. The van der Waals surface area contributed by atoms with Crippen molar-refractivity contribution in [3.8, 4) is 5.69 Å². The summed E-state index contributed by atoms with van der Waals surface area (Å²) in [4.78, 5) is 14.6. The van der Waals surface area contributed by atoms with Crippen LogP contribution in [-0.2, 0) is 17.8 Å². The second-order valence-corrected chi connectivity index (χ2v) is 11.1. The number of halogens is 3. The lowest BCUT2D eigenvalue weighted by molar-refractivity contribution is -0.142. The Balaban J connectivity index is 1.12. The zero-order valence-electron chi connectivity index (χ0n) is 19.8. The maximum Gasteiger partial charge on any atom is 0.234 e. The topological polar surface area (TPSA) is 75.4 Å². The third-order valence-corrected chi connectivity index (χ3v) is 7.80. The molecule has 3 fully saturated rings. The minimum atomic E-state index is -1.33. The lowest BCUT2D eigenvalue weighted by Crippen LogP contribution is -2.73. The number of rotatable bonds is 4. The molecule has 0 aliphatic carbocycles. The number of aromatic nitrogens is 5. The minimum absolute atomic E-state index is 0.125. The molecule has 0 saturated carbocycles. The molecule has 0 bridgehead atoms. The molecule has 2 aromatic heterocycles. The molecule has 9 nitrogen and oxygen atoms in total. The van der Waals surface area contributed by atoms with Crippen LogP contribution in [-0.4, -0.2) is 81.2 Å². The molecule has 12 heteroatoms. The molecule has 6 heterocycles. The van der Waals surface area contributed by atoms with Crippen LogP contribution in [0.15, 0.2) is 24.4 Å². The third kappa shape index (κ3) is 3.55. The molecule has 0 amide bonds. The molecule has 1 aromatic carbocycles. The van der Waals surface area contributed by atoms with Gasteiger partial charge in [0.1, 0.15) is 5.82 Å². The van der Waals surface area contributed by atoms with Gasteiger partial charge >= 0.3 is 0 Å². The maximum atomic E-state index is 14.9. The van der Waals surface area contributed by atoms with E-state index in [1.165, 1.54) is 6.20 Å². The molecule has 0 atom stereocenters. The summed E-state index contributed by atoms with van der Waals surface area (Å²) in [6.45, 7) is 6.56. The van der Waals surface area contributed by atoms with Crippen molar-refractivity contribution in [1.29, 1.82) is 0 Å². The molecule has 1 spiro atoms. The zero-order chi connectivity index (χ0) is 24.7. The highest BCUT2D eigenvalue weighted by Crippen LogP contribution is 2.44. The van der Waals surface area contributed by atoms with E-state index in [9.17, 15) is 8.78 Å². The van der Waals surface area contributed by atoms with Crippen molar-refractivity contribution >= 4 is 23.4 Å². The molecule has 0 radical (unpaired) electrons. The van der Waals surface area contributed by atoms with Crippen LogP contribution in [0.2, 0.25) is 5.02 Å². The van der Waals surface area contributed by atoms with Crippen LogP contribution >= 0.6 is 11.6 Å². The number of hydrogen-bond donors (Lipinski definition) is 0. The second kappa shape index (κ2) is 7.80. The lowest BCUT2D eigenvalue weighted by Gasteiger charge is -2.60. The first-order valence-electron chi connectivity index (χ1n) is 12.0. The predicted octanol–water partition coefficient (Wildman–Crippen LogP) is 2.54. The van der Waals surface area contributed by atoms with Crippen LogP contribution < -0.4 is 9.80 Å². The van der Waals surface area contributed by atoms with Gasteiger partial charge in [0.25, 0.3) is 0 Å². The van der Waals surface area contributed by atoms with Gasteiger partial charge in [-0.1, -0.05) is 11.6 Å². The molecular weight excluding hydrogens is 490 g/mol. The highest BCUT2D eigenvalue weighted by molar-refractivity contribution is 6.30. The quantitative estimate of drug-likeness (QED) is 0.526. The summed E-state index contributed by atoms with van der Waals surface area (Å²) in [5, 5.41) is 9.71. The van der Waals surface area contributed by atoms with E-state index in [-0.39, 0.29) is 25.2 Å². The van der Waals surface area contributed by atoms with Crippen LogP contribution in [0.4, 0.5) is 20.5 Å². The third-order valence-electron chi connectivity index (χ3n) is 7.57. The molecule has 0 N–H and O–H groups in total. The van der Waals surface area contributed by atoms with Crippen molar-refractivity contribution in [3.63, 3.8) is 0 Å². The summed E-state index contributed by atoms with van der Waals surface area (Å²) in [6.07, 6.45) is 1.50. The van der Waals surface area contributed by atoms with Gasteiger partial charge in [0, 0.05) is 49.7 Å². The van der Waals surface area contributed by atoms with Crippen LogP contribution in [0.3, 0.4) is 0 Å². The van der Waals surface area contributed by atoms with Crippen LogP contribution in [0.25, 0.3) is 5.69 Å². The molecule has 7 rings (SSSR count).